The number of piperidine rings is 1. The van der Waals surface area contributed by atoms with Gasteiger partial charge in [-0.2, -0.15) is 20.2 Å². The molecule has 0 aliphatic carbocycles. The Labute approximate surface area is 125 Å². The fourth-order valence-corrected chi connectivity index (χ4v) is 2.36. The molecule has 3 N–H and O–H groups in total. The molecule has 1 aromatic heterocycles. The fourth-order valence-electron chi connectivity index (χ4n) is 2.36. The van der Waals surface area contributed by atoms with Crippen LogP contribution in [-0.4, -0.2) is 41.6 Å². The van der Waals surface area contributed by atoms with Gasteiger partial charge in [-0.3, -0.25) is 5.43 Å². The van der Waals surface area contributed by atoms with Crippen LogP contribution in [0.25, 0.3) is 0 Å². The highest BCUT2D eigenvalue weighted by molar-refractivity contribution is 5.44. The summed E-state index contributed by atoms with van der Waals surface area (Å²) in [7, 11) is 1.86. The van der Waals surface area contributed by atoms with E-state index in [9.17, 15) is 0 Å². The number of hydrogen-bond donors (Lipinski definition) is 2. The maximum absolute atomic E-state index is 8.92. The van der Waals surface area contributed by atoms with Crippen molar-refractivity contribution in [3.05, 3.63) is 0 Å². The summed E-state index contributed by atoms with van der Waals surface area (Å²) in [5.74, 6) is 6.87. The van der Waals surface area contributed by atoms with Crippen molar-refractivity contribution in [3.63, 3.8) is 0 Å². The third-order valence-electron chi connectivity index (χ3n) is 3.49. The van der Waals surface area contributed by atoms with Crippen LogP contribution in [0.4, 0.5) is 17.8 Å². The molecule has 0 amide bonds. The van der Waals surface area contributed by atoms with Crippen molar-refractivity contribution in [3.8, 4) is 6.07 Å². The van der Waals surface area contributed by atoms with Crippen LogP contribution < -0.4 is 21.1 Å². The summed E-state index contributed by atoms with van der Waals surface area (Å²) >= 11 is 0. The minimum absolute atomic E-state index is 0.0977. The molecule has 0 radical (unpaired) electrons. The van der Waals surface area contributed by atoms with E-state index in [0.29, 0.717) is 24.4 Å². The van der Waals surface area contributed by atoms with Crippen molar-refractivity contribution < 1.29 is 0 Å². The predicted molar refractivity (Wildman–Crippen MR) is 81.7 cm³/mol. The highest BCUT2D eigenvalue weighted by Crippen LogP contribution is 2.19. The predicted octanol–water partition coefficient (Wildman–Crippen LogP) is 0.743. The molecule has 0 aromatic carbocycles. The number of aromatic nitrogens is 3. The van der Waals surface area contributed by atoms with E-state index in [1.54, 1.807) is 0 Å². The van der Waals surface area contributed by atoms with Gasteiger partial charge >= 0.3 is 0 Å². The number of rotatable bonds is 5. The summed E-state index contributed by atoms with van der Waals surface area (Å²) in [6.45, 7) is 4.33. The molecule has 0 spiro atoms. The SMILES string of the molecule is CC(C#N)CN(C)c1nc(NN)nc(N2CCCCC2)n1. The Morgan fingerprint density at radius 1 is 1.33 bits per heavy atom. The number of anilines is 3. The normalized spacial score (nSPS) is 16.2. The lowest BCUT2D eigenvalue weighted by molar-refractivity contribution is 0.567. The molecule has 0 bridgehead atoms. The molecular formula is C13H22N8. The van der Waals surface area contributed by atoms with E-state index in [1.165, 1.54) is 6.42 Å². The van der Waals surface area contributed by atoms with E-state index >= 15 is 0 Å². The molecule has 1 aromatic rings. The molecule has 1 aliphatic rings. The Morgan fingerprint density at radius 3 is 2.67 bits per heavy atom. The zero-order valence-corrected chi connectivity index (χ0v) is 12.6. The molecule has 114 valence electrons. The van der Waals surface area contributed by atoms with E-state index < -0.39 is 0 Å². The maximum atomic E-state index is 8.92. The Balaban J connectivity index is 2.22. The Kier molecular flexibility index (Phi) is 5.11. The highest BCUT2D eigenvalue weighted by Gasteiger charge is 2.18. The zero-order valence-electron chi connectivity index (χ0n) is 12.6. The molecule has 1 unspecified atom stereocenters. The molecule has 21 heavy (non-hydrogen) atoms. The third kappa shape index (κ3) is 3.92. The van der Waals surface area contributed by atoms with Crippen molar-refractivity contribution in [2.75, 3.05) is 41.9 Å². The van der Waals surface area contributed by atoms with Gasteiger partial charge in [0, 0.05) is 26.7 Å². The maximum Gasteiger partial charge on any atom is 0.243 e. The number of nitrogens with one attached hydrogen (secondary N) is 1. The van der Waals surface area contributed by atoms with Crippen LogP contribution in [0.3, 0.4) is 0 Å². The Hall–Kier alpha value is -2.14. The van der Waals surface area contributed by atoms with Crippen molar-refractivity contribution >= 4 is 17.8 Å². The standard InChI is InChI=1S/C13H22N8/c1-10(8-14)9-20(2)12-16-11(19-15)17-13(18-12)21-6-4-3-5-7-21/h10H,3-7,9,15H2,1-2H3,(H,16,17,18,19). The lowest BCUT2D eigenvalue weighted by atomic mass is 10.1. The van der Waals surface area contributed by atoms with Crippen LogP contribution in [0.1, 0.15) is 26.2 Å². The van der Waals surface area contributed by atoms with Gasteiger partial charge in [0.25, 0.3) is 0 Å². The summed E-state index contributed by atoms with van der Waals surface area (Å²) in [6.07, 6.45) is 3.54. The first-order chi connectivity index (χ1) is 10.1. The molecule has 1 saturated heterocycles. The highest BCUT2D eigenvalue weighted by atomic mass is 15.4. The van der Waals surface area contributed by atoms with Gasteiger partial charge in [0.1, 0.15) is 0 Å². The number of hydrazine groups is 1. The van der Waals surface area contributed by atoms with Gasteiger partial charge in [-0.25, -0.2) is 5.84 Å². The van der Waals surface area contributed by atoms with Crippen molar-refractivity contribution in [2.45, 2.75) is 26.2 Å². The first-order valence-electron chi connectivity index (χ1n) is 7.22. The van der Waals surface area contributed by atoms with Gasteiger partial charge in [-0.1, -0.05) is 0 Å². The topological polar surface area (TPSA) is 107 Å². The van der Waals surface area contributed by atoms with Crippen molar-refractivity contribution in [2.24, 2.45) is 11.8 Å². The Bertz CT molecular complexity index is 505. The van der Waals surface area contributed by atoms with Gasteiger partial charge < -0.3 is 9.80 Å². The molecule has 1 aliphatic heterocycles. The average Bonchev–Trinajstić information content (AvgIpc) is 2.54. The summed E-state index contributed by atoms with van der Waals surface area (Å²) < 4.78 is 0. The van der Waals surface area contributed by atoms with E-state index in [4.69, 9.17) is 11.1 Å². The number of nitrogens with two attached hydrogens (primary N) is 1. The second-order valence-corrected chi connectivity index (χ2v) is 5.36. The van der Waals surface area contributed by atoms with Crippen LogP contribution in [-0.2, 0) is 0 Å². The Morgan fingerprint density at radius 2 is 2.05 bits per heavy atom. The smallest absolute Gasteiger partial charge is 0.243 e. The minimum atomic E-state index is -0.0977. The molecule has 1 atom stereocenters. The molecule has 8 heteroatoms. The first kappa shape index (κ1) is 15.3. The summed E-state index contributed by atoms with van der Waals surface area (Å²) in [5.41, 5.74) is 2.49. The van der Waals surface area contributed by atoms with Crippen LogP contribution in [0.2, 0.25) is 0 Å². The molecular weight excluding hydrogens is 268 g/mol. The second kappa shape index (κ2) is 7.04. The second-order valence-electron chi connectivity index (χ2n) is 5.36. The van der Waals surface area contributed by atoms with Crippen molar-refractivity contribution in [1.82, 2.24) is 15.0 Å². The van der Waals surface area contributed by atoms with E-state index in [1.807, 2.05) is 18.9 Å². The quantitative estimate of drug-likeness (QED) is 0.604. The fraction of sp³-hybridized carbons (Fsp3) is 0.692. The number of nitrogens with zero attached hydrogens (tertiary/aromatic N) is 6. The van der Waals surface area contributed by atoms with Crippen LogP contribution >= 0.6 is 0 Å². The van der Waals surface area contributed by atoms with E-state index in [-0.39, 0.29) is 5.92 Å². The molecule has 8 nitrogen and oxygen atoms in total. The molecule has 0 saturated carbocycles. The van der Waals surface area contributed by atoms with Crippen LogP contribution in [0.15, 0.2) is 0 Å². The van der Waals surface area contributed by atoms with Gasteiger partial charge in [0.15, 0.2) is 0 Å². The molecule has 2 rings (SSSR count). The summed E-state index contributed by atoms with van der Waals surface area (Å²) in [5, 5.41) is 8.92. The number of hydrogen-bond acceptors (Lipinski definition) is 8. The molecule has 2 heterocycles. The van der Waals surface area contributed by atoms with E-state index in [0.717, 1.165) is 25.9 Å². The van der Waals surface area contributed by atoms with Gasteiger partial charge in [-0.15, -0.1) is 0 Å². The van der Waals surface area contributed by atoms with E-state index in [2.05, 4.69) is 31.3 Å². The number of nitrogen functional groups attached to an aromatic ring is 1. The van der Waals surface area contributed by atoms with Crippen molar-refractivity contribution in [1.29, 1.82) is 5.26 Å². The monoisotopic (exact) mass is 290 g/mol. The van der Waals surface area contributed by atoms with Crippen LogP contribution in [0, 0.1) is 17.2 Å². The lowest BCUT2D eigenvalue weighted by Crippen LogP contribution is -2.33. The van der Waals surface area contributed by atoms with Gasteiger partial charge in [0.2, 0.25) is 17.8 Å². The lowest BCUT2D eigenvalue weighted by Gasteiger charge is -2.28. The zero-order chi connectivity index (χ0) is 15.2. The minimum Gasteiger partial charge on any atom is -0.342 e. The average molecular weight is 290 g/mol. The van der Waals surface area contributed by atoms with Gasteiger partial charge in [0.05, 0.1) is 12.0 Å². The summed E-state index contributed by atoms with van der Waals surface area (Å²) in [4.78, 5) is 17.1. The van der Waals surface area contributed by atoms with Crippen LogP contribution in [0.5, 0.6) is 0 Å². The first-order valence-corrected chi connectivity index (χ1v) is 7.22. The third-order valence-corrected chi connectivity index (χ3v) is 3.49. The molecule has 1 fully saturated rings. The van der Waals surface area contributed by atoms with Gasteiger partial charge in [-0.05, 0) is 26.2 Å². The largest absolute Gasteiger partial charge is 0.342 e. The number of nitriles is 1. The summed E-state index contributed by atoms with van der Waals surface area (Å²) in [6, 6.07) is 2.21.